The first kappa shape index (κ1) is 14.7. The largest absolute Gasteiger partial charge is 0.481 e. The highest BCUT2D eigenvalue weighted by Crippen LogP contribution is 2.32. The fourth-order valence-corrected chi connectivity index (χ4v) is 2.34. The van der Waals surface area contributed by atoms with Gasteiger partial charge in [-0.25, -0.2) is 8.78 Å². The summed E-state index contributed by atoms with van der Waals surface area (Å²) in [6.07, 6.45) is 0.282. The third-order valence-corrected chi connectivity index (χ3v) is 3.89. The van der Waals surface area contributed by atoms with Crippen molar-refractivity contribution in [3.8, 4) is 0 Å². The van der Waals surface area contributed by atoms with Crippen molar-refractivity contribution in [3.05, 3.63) is 34.4 Å². The minimum Gasteiger partial charge on any atom is -0.481 e. The van der Waals surface area contributed by atoms with Crippen molar-refractivity contribution in [2.45, 2.75) is 13.3 Å². The van der Waals surface area contributed by atoms with Gasteiger partial charge in [0.1, 0.15) is 10.8 Å². The van der Waals surface area contributed by atoms with Crippen molar-refractivity contribution in [1.82, 2.24) is 4.90 Å². The molecule has 0 aromatic heterocycles. The van der Waals surface area contributed by atoms with Crippen LogP contribution in [0.25, 0.3) is 0 Å². The Bertz CT molecular complexity index is 593. The zero-order valence-electron chi connectivity index (χ0n) is 10.6. The van der Waals surface area contributed by atoms with Gasteiger partial charge in [0.05, 0.1) is 11.0 Å². The molecule has 1 saturated heterocycles. The van der Waals surface area contributed by atoms with Crippen molar-refractivity contribution in [2.24, 2.45) is 5.41 Å². The Morgan fingerprint density at radius 1 is 1.40 bits per heavy atom. The van der Waals surface area contributed by atoms with Gasteiger partial charge >= 0.3 is 5.97 Å². The van der Waals surface area contributed by atoms with Crippen LogP contribution in [-0.4, -0.2) is 35.0 Å². The molecule has 4 nitrogen and oxygen atoms in total. The summed E-state index contributed by atoms with van der Waals surface area (Å²) in [6.45, 7) is 1.71. The van der Waals surface area contributed by atoms with E-state index in [1.807, 2.05) is 0 Å². The van der Waals surface area contributed by atoms with E-state index in [0.29, 0.717) is 0 Å². The van der Waals surface area contributed by atoms with Gasteiger partial charge < -0.3 is 10.0 Å². The van der Waals surface area contributed by atoms with Crippen LogP contribution in [0.2, 0.25) is 5.02 Å². The van der Waals surface area contributed by atoms with Gasteiger partial charge in [-0.15, -0.1) is 0 Å². The summed E-state index contributed by atoms with van der Waals surface area (Å²) in [5.74, 6) is -3.77. The number of amides is 1. The van der Waals surface area contributed by atoms with Crippen molar-refractivity contribution >= 4 is 23.5 Å². The van der Waals surface area contributed by atoms with Crippen LogP contribution < -0.4 is 0 Å². The third kappa shape index (κ3) is 2.35. The average molecular weight is 304 g/mol. The summed E-state index contributed by atoms with van der Waals surface area (Å²) in [5.41, 5.74) is -1.40. The normalized spacial score (nSPS) is 22.1. The maximum Gasteiger partial charge on any atom is 0.311 e. The molecule has 1 atom stereocenters. The maximum absolute atomic E-state index is 13.8. The van der Waals surface area contributed by atoms with Crippen molar-refractivity contribution in [3.63, 3.8) is 0 Å². The number of likely N-dealkylation sites (tertiary alicyclic amines) is 1. The molecule has 0 bridgehead atoms. The van der Waals surface area contributed by atoms with Gasteiger partial charge in [-0.2, -0.15) is 0 Å². The molecule has 7 heteroatoms. The Balaban J connectivity index is 2.26. The Morgan fingerprint density at radius 2 is 2.05 bits per heavy atom. The Labute approximate surface area is 118 Å². The molecule has 20 heavy (non-hydrogen) atoms. The van der Waals surface area contributed by atoms with Crippen LogP contribution in [0, 0.1) is 17.0 Å². The number of nitrogens with zero attached hydrogens (tertiary/aromatic N) is 1. The average Bonchev–Trinajstić information content (AvgIpc) is 2.80. The van der Waals surface area contributed by atoms with Crippen molar-refractivity contribution in [1.29, 1.82) is 0 Å². The standard InChI is InChI=1S/C13H12ClF2NO3/c1-13(12(19)20)4-5-17(6-13)11(18)7-2-3-8(15)9(14)10(7)16/h2-3H,4-6H2,1H3,(H,19,20). The van der Waals surface area contributed by atoms with E-state index in [0.717, 1.165) is 12.1 Å². The zero-order valence-corrected chi connectivity index (χ0v) is 11.4. The number of aliphatic carboxylic acids is 1. The highest BCUT2D eigenvalue weighted by molar-refractivity contribution is 6.31. The number of hydrogen-bond acceptors (Lipinski definition) is 2. The second kappa shape index (κ2) is 5.01. The van der Waals surface area contributed by atoms with Crippen LogP contribution in [0.3, 0.4) is 0 Å². The van der Waals surface area contributed by atoms with Crippen LogP contribution in [-0.2, 0) is 4.79 Å². The fourth-order valence-electron chi connectivity index (χ4n) is 2.17. The molecular weight excluding hydrogens is 292 g/mol. The van der Waals surface area contributed by atoms with Crippen LogP contribution in [0.15, 0.2) is 12.1 Å². The summed E-state index contributed by atoms with van der Waals surface area (Å²) in [4.78, 5) is 24.5. The molecule has 1 amide bonds. The molecule has 1 unspecified atom stereocenters. The molecule has 1 fully saturated rings. The van der Waals surface area contributed by atoms with Gasteiger partial charge in [0.2, 0.25) is 0 Å². The van der Waals surface area contributed by atoms with E-state index in [1.165, 1.54) is 11.8 Å². The second-order valence-corrected chi connectivity index (χ2v) is 5.44. The first-order valence-electron chi connectivity index (χ1n) is 5.92. The maximum atomic E-state index is 13.8. The molecule has 0 spiro atoms. The monoisotopic (exact) mass is 303 g/mol. The topological polar surface area (TPSA) is 57.6 Å². The molecule has 108 valence electrons. The molecule has 1 aromatic carbocycles. The van der Waals surface area contributed by atoms with E-state index in [-0.39, 0.29) is 25.1 Å². The molecule has 0 radical (unpaired) electrons. The Morgan fingerprint density at radius 3 is 2.60 bits per heavy atom. The first-order chi connectivity index (χ1) is 9.26. The lowest BCUT2D eigenvalue weighted by atomic mass is 9.90. The Kier molecular flexibility index (Phi) is 3.69. The van der Waals surface area contributed by atoms with E-state index in [1.54, 1.807) is 0 Å². The third-order valence-electron chi connectivity index (χ3n) is 3.54. The van der Waals surface area contributed by atoms with Crippen molar-refractivity contribution in [2.75, 3.05) is 13.1 Å². The predicted molar refractivity (Wildman–Crippen MR) is 67.6 cm³/mol. The van der Waals surface area contributed by atoms with Crippen LogP contribution in [0.4, 0.5) is 8.78 Å². The number of carboxylic acids is 1. The van der Waals surface area contributed by atoms with Gasteiger partial charge in [-0.1, -0.05) is 11.6 Å². The predicted octanol–water partition coefficient (Wildman–Crippen LogP) is 2.56. The van der Waals surface area contributed by atoms with Crippen molar-refractivity contribution < 1.29 is 23.5 Å². The number of carboxylic acid groups (broad SMARTS) is 1. The van der Waals surface area contributed by atoms with Gasteiger partial charge in [0.15, 0.2) is 5.82 Å². The summed E-state index contributed by atoms with van der Waals surface area (Å²) in [7, 11) is 0. The van der Waals surface area contributed by atoms with E-state index < -0.39 is 33.9 Å². The summed E-state index contributed by atoms with van der Waals surface area (Å²) in [6, 6.07) is 1.92. The van der Waals surface area contributed by atoms with Gasteiger partial charge in [-0.05, 0) is 25.5 Å². The Hall–Kier alpha value is -1.69. The second-order valence-electron chi connectivity index (χ2n) is 5.07. The minimum atomic E-state index is -1.12. The molecule has 2 rings (SSSR count). The summed E-state index contributed by atoms with van der Waals surface area (Å²) in [5, 5.41) is 8.36. The van der Waals surface area contributed by atoms with E-state index in [2.05, 4.69) is 0 Å². The lowest BCUT2D eigenvalue weighted by molar-refractivity contribution is -0.147. The number of benzene rings is 1. The molecule has 1 aliphatic rings. The highest BCUT2D eigenvalue weighted by Gasteiger charge is 2.42. The quantitative estimate of drug-likeness (QED) is 0.854. The SMILES string of the molecule is CC1(C(=O)O)CCN(C(=O)c2ccc(F)c(Cl)c2F)C1. The smallest absolute Gasteiger partial charge is 0.311 e. The van der Waals surface area contributed by atoms with Crippen LogP contribution in [0.1, 0.15) is 23.7 Å². The summed E-state index contributed by atoms with van der Waals surface area (Å²) >= 11 is 5.43. The van der Waals surface area contributed by atoms with E-state index >= 15 is 0 Å². The summed E-state index contributed by atoms with van der Waals surface area (Å²) < 4.78 is 26.8. The number of carbonyl (C=O) groups is 2. The van der Waals surface area contributed by atoms with Gasteiger partial charge in [0.25, 0.3) is 5.91 Å². The molecule has 1 aliphatic heterocycles. The highest BCUT2D eigenvalue weighted by atomic mass is 35.5. The van der Waals surface area contributed by atoms with Crippen LogP contribution in [0.5, 0.6) is 0 Å². The fraction of sp³-hybridized carbons (Fsp3) is 0.385. The number of halogens is 3. The molecular formula is C13H12ClF2NO3. The molecule has 1 aromatic rings. The lowest BCUT2D eigenvalue weighted by Gasteiger charge is -2.20. The lowest BCUT2D eigenvalue weighted by Crippen LogP contribution is -2.35. The van der Waals surface area contributed by atoms with Gasteiger partial charge in [-0.3, -0.25) is 9.59 Å². The van der Waals surface area contributed by atoms with E-state index in [9.17, 15) is 18.4 Å². The van der Waals surface area contributed by atoms with Gasteiger partial charge in [0, 0.05) is 13.1 Å². The van der Waals surface area contributed by atoms with Crippen LogP contribution >= 0.6 is 11.6 Å². The molecule has 0 saturated carbocycles. The zero-order chi connectivity index (χ0) is 15.1. The molecule has 1 N–H and O–H groups in total. The number of hydrogen-bond donors (Lipinski definition) is 1. The number of rotatable bonds is 2. The number of carbonyl (C=O) groups excluding carboxylic acids is 1. The first-order valence-corrected chi connectivity index (χ1v) is 6.30. The molecule has 0 aliphatic carbocycles. The van der Waals surface area contributed by atoms with E-state index in [4.69, 9.17) is 16.7 Å². The minimum absolute atomic E-state index is 0.0183. The molecule has 1 heterocycles.